The molecule has 0 saturated carbocycles. The van der Waals surface area contributed by atoms with Crippen LogP contribution in [0.5, 0.6) is 0 Å². The van der Waals surface area contributed by atoms with Crippen molar-refractivity contribution < 1.29 is 32.3 Å². The van der Waals surface area contributed by atoms with Gasteiger partial charge >= 0.3 is 12.3 Å². The monoisotopic (exact) mass is 424 g/mol. The molecule has 1 aliphatic carbocycles. The molecular weight excluding hydrogens is 401 g/mol. The molecule has 162 valence electrons. The van der Waals surface area contributed by atoms with Gasteiger partial charge in [0.05, 0.1) is 12.2 Å². The number of carbonyl (C=O) groups excluding carboxylic acids is 3. The third-order valence-electron chi connectivity index (χ3n) is 5.30. The Bertz CT molecular complexity index is 935. The van der Waals surface area contributed by atoms with Crippen molar-refractivity contribution in [2.24, 2.45) is 5.41 Å². The number of nitrogens with zero attached hydrogens (tertiary/aromatic N) is 1. The van der Waals surface area contributed by atoms with Crippen LogP contribution in [0.3, 0.4) is 0 Å². The van der Waals surface area contributed by atoms with E-state index in [0.717, 1.165) is 10.5 Å². The van der Waals surface area contributed by atoms with Crippen LogP contribution >= 0.6 is 0 Å². The summed E-state index contributed by atoms with van der Waals surface area (Å²) in [6.45, 7) is 6.53. The third-order valence-corrected chi connectivity index (χ3v) is 5.30. The molecule has 30 heavy (non-hydrogen) atoms. The molecular formula is C21H23F3N2O4. The molecule has 9 heteroatoms. The fourth-order valence-corrected chi connectivity index (χ4v) is 4.04. The molecule has 0 unspecified atom stereocenters. The third kappa shape index (κ3) is 3.36. The molecule has 1 heterocycles. The highest BCUT2D eigenvalue weighted by molar-refractivity contribution is 6.20. The second-order valence-corrected chi connectivity index (χ2v) is 8.33. The summed E-state index contributed by atoms with van der Waals surface area (Å²) < 4.78 is 48.0. The van der Waals surface area contributed by atoms with E-state index in [4.69, 9.17) is 0 Å². The van der Waals surface area contributed by atoms with Crippen LogP contribution in [0.2, 0.25) is 0 Å². The van der Waals surface area contributed by atoms with Crippen molar-refractivity contribution in [2.75, 3.05) is 11.5 Å². The van der Waals surface area contributed by atoms with Gasteiger partial charge in [0, 0.05) is 17.8 Å². The number of amides is 2. The lowest BCUT2D eigenvalue weighted by Crippen LogP contribution is -2.66. The van der Waals surface area contributed by atoms with E-state index in [9.17, 15) is 27.6 Å². The summed E-state index contributed by atoms with van der Waals surface area (Å²) in [6, 6.07) is 6.34. The van der Waals surface area contributed by atoms with E-state index in [1.165, 1.54) is 19.1 Å². The standard InChI is InChI=1S/C21H23F3N2O4/c1-5-30-18(29)25-20(21(22,23)24)16-14(10-19(3,4)11-15(16)27)26(17(20)28)13-8-6-12(2)7-9-13/h6-9H,5,10-11H2,1-4H3,(H,25,29)/t20-/m0/s1. The van der Waals surface area contributed by atoms with Crippen molar-refractivity contribution >= 4 is 23.5 Å². The predicted octanol–water partition coefficient (Wildman–Crippen LogP) is 4.03. The van der Waals surface area contributed by atoms with Gasteiger partial charge in [-0.1, -0.05) is 31.5 Å². The number of alkyl carbamates (subject to hydrolysis) is 1. The summed E-state index contributed by atoms with van der Waals surface area (Å²) in [5.41, 5.74) is -3.86. The van der Waals surface area contributed by atoms with Crippen LogP contribution in [0.1, 0.15) is 39.2 Å². The highest BCUT2D eigenvalue weighted by atomic mass is 19.4. The number of benzene rings is 1. The zero-order chi connectivity index (χ0) is 22.5. The normalized spacial score (nSPS) is 23.5. The largest absolute Gasteiger partial charge is 0.450 e. The molecule has 0 bridgehead atoms. The van der Waals surface area contributed by atoms with Crippen molar-refractivity contribution in [1.29, 1.82) is 0 Å². The fraction of sp³-hybridized carbons (Fsp3) is 0.476. The number of aryl methyl sites for hydroxylation is 1. The minimum Gasteiger partial charge on any atom is -0.450 e. The highest BCUT2D eigenvalue weighted by Crippen LogP contribution is 2.52. The quantitative estimate of drug-likeness (QED) is 0.795. The number of Topliss-reactive ketones (excluding diaryl/α,β-unsaturated/α-hetero) is 1. The summed E-state index contributed by atoms with van der Waals surface area (Å²) in [7, 11) is 0. The first-order valence-electron chi connectivity index (χ1n) is 9.54. The van der Waals surface area contributed by atoms with Gasteiger partial charge < -0.3 is 4.74 Å². The number of ether oxygens (including phenoxy) is 1. The Balaban J connectivity index is 2.28. The van der Waals surface area contributed by atoms with Crippen LogP contribution in [0.25, 0.3) is 0 Å². The first-order valence-corrected chi connectivity index (χ1v) is 9.54. The maximum atomic E-state index is 14.5. The molecule has 0 spiro atoms. The lowest BCUT2D eigenvalue weighted by Gasteiger charge is -2.35. The van der Waals surface area contributed by atoms with E-state index in [1.807, 2.05) is 0 Å². The van der Waals surface area contributed by atoms with E-state index >= 15 is 0 Å². The minimum absolute atomic E-state index is 0.0424. The average molecular weight is 424 g/mol. The highest BCUT2D eigenvalue weighted by Gasteiger charge is 2.72. The molecule has 2 amide bonds. The number of hydrogen-bond donors (Lipinski definition) is 1. The van der Waals surface area contributed by atoms with E-state index in [2.05, 4.69) is 4.74 Å². The van der Waals surface area contributed by atoms with Gasteiger partial charge in [-0.25, -0.2) is 4.79 Å². The Morgan fingerprint density at radius 3 is 2.30 bits per heavy atom. The first kappa shape index (κ1) is 21.9. The average Bonchev–Trinajstić information content (AvgIpc) is 2.84. The lowest BCUT2D eigenvalue weighted by atomic mass is 9.72. The van der Waals surface area contributed by atoms with Gasteiger partial charge in [0.15, 0.2) is 5.78 Å². The second kappa shape index (κ2) is 7.14. The van der Waals surface area contributed by atoms with E-state index in [1.54, 1.807) is 38.2 Å². The molecule has 0 aromatic heterocycles. The van der Waals surface area contributed by atoms with Crippen LogP contribution in [0, 0.1) is 12.3 Å². The van der Waals surface area contributed by atoms with Crippen molar-refractivity contribution in [3.05, 3.63) is 41.1 Å². The number of carbonyl (C=O) groups is 3. The first-order chi connectivity index (χ1) is 13.8. The summed E-state index contributed by atoms with van der Waals surface area (Å²) in [5.74, 6) is -2.26. The summed E-state index contributed by atoms with van der Waals surface area (Å²) in [5, 5.41) is 1.70. The molecule has 1 aliphatic heterocycles. The number of ketones is 1. The lowest BCUT2D eigenvalue weighted by molar-refractivity contribution is -0.186. The number of alkyl halides is 3. The Morgan fingerprint density at radius 1 is 1.17 bits per heavy atom. The maximum absolute atomic E-state index is 14.5. The fourth-order valence-electron chi connectivity index (χ4n) is 4.04. The Hall–Kier alpha value is -2.84. The molecule has 6 nitrogen and oxygen atoms in total. The van der Waals surface area contributed by atoms with Crippen molar-refractivity contribution in [3.63, 3.8) is 0 Å². The Morgan fingerprint density at radius 2 is 1.77 bits per heavy atom. The molecule has 0 radical (unpaired) electrons. The van der Waals surface area contributed by atoms with Crippen LogP contribution in [0.15, 0.2) is 35.5 Å². The second-order valence-electron chi connectivity index (χ2n) is 8.33. The SMILES string of the molecule is CCOC(=O)N[C@]1(C(F)(F)F)C(=O)N(c2ccc(C)cc2)C2=C1C(=O)CC(C)(C)C2. The van der Waals surface area contributed by atoms with Gasteiger partial charge in [0.1, 0.15) is 0 Å². The predicted molar refractivity (Wildman–Crippen MR) is 103 cm³/mol. The molecule has 1 atom stereocenters. The van der Waals surface area contributed by atoms with E-state index in [0.29, 0.717) is 0 Å². The van der Waals surface area contributed by atoms with Crippen LogP contribution in [0.4, 0.5) is 23.7 Å². The molecule has 0 saturated heterocycles. The van der Waals surface area contributed by atoms with Crippen LogP contribution < -0.4 is 10.2 Å². The molecule has 1 aromatic carbocycles. The molecule has 0 fully saturated rings. The number of rotatable bonds is 3. The zero-order valence-electron chi connectivity index (χ0n) is 17.1. The minimum atomic E-state index is -5.26. The van der Waals surface area contributed by atoms with Gasteiger partial charge in [-0.05, 0) is 37.8 Å². The van der Waals surface area contributed by atoms with E-state index in [-0.39, 0.29) is 30.8 Å². The van der Waals surface area contributed by atoms with E-state index < -0.39 is 40.5 Å². The molecule has 1 aromatic rings. The van der Waals surface area contributed by atoms with Gasteiger partial charge in [-0.15, -0.1) is 0 Å². The summed E-state index contributed by atoms with van der Waals surface area (Å²) >= 11 is 0. The van der Waals surface area contributed by atoms with Gasteiger partial charge in [-0.3, -0.25) is 19.8 Å². The number of halogens is 3. The van der Waals surface area contributed by atoms with Crippen molar-refractivity contribution in [3.8, 4) is 0 Å². The topological polar surface area (TPSA) is 75.7 Å². The maximum Gasteiger partial charge on any atom is 0.425 e. The summed E-state index contributed by atoms with van der Waals surface area (Å²) in [6.07, 6.45) is -6.79. The van der Waals surface area contributed by atoms with Crippen molar-refractivity contribution in [1.82, 2.24) is 5.32 Å². The van der Waals surface area contributed by atoms with Crippen LogP contribution in [-0.4, -0.2) is 36.1 Å². The Kier molecular flexibility index (Phi) is 5.20. The number of hydrogen-bond acceptors (Lipinski definition) is 4. The summed E-state index contributed by atoms with van der Waals surface area (Å²) in [4.78, 5) is 39.3. The van der Waals surface area contributed by atoms with Crippen molar-refractivity contribution in [2.45, 2.75) is 52.3 Å². The number of nitrogens with one attached hydrogen (secondary N) is 1. The molecule has 3 rings (SSSR count). The van der Waals surface area contributed by atoms with Crippen LogP contribution in [-0.2, 0) is 14.3 Å². The molecule has 1 N–H and O–H groups in total. The molecule has 2 aliphatic rings. The Labute approximate surface area is 172 Å². The van der Waals surface area contributed by atoms with Gasteiger partial charge in [0.25, 0.3) is 5.91 Å². The zero-order valence-corrected chi connectivity index (χ0v) is 17.1. The number of anilines is 1. The smallest absolute Gasteiger partial charge is 0.425 e. The van der Waals surface area contributed by atoms with Gasteiger partial charge in [-0.2, -0.15) is 13.2 Å². The number of allylic oxidation sites excluding steroid dienone is 1. The van der Waals surface area contributed by atoms with Gasteiger partial charge in [0.2, 0.25) is 5.54 Å².